The number of nitrogens with zero attached hydrogens (tertiary/aromatic N) is 1. The monoisotopic (exact) mass is 282 g/mol. The van der Waals surface area contributed by atoms with E-state index in [1.807, 2.05) is 12.3 Å². The van der Waals surface area contributed by atoms with Crippen LogP contribution < -0.4 is 5.32 Å². The zero-order valence-electron chi connectivity index (χ0n) is 13.0. The first-order valence-electron chi connectivity index (χ1n) is 8.44. The number of rotatable bonds is 5. The summed E-state index contributed by atoms with van der Waals surface area (Å²) in [7, 11) is 0. The van der Waals surface area contributed by atoms with Gasteiger partial charge in [0.25, 0.3) is 0 Å². The van der Waals surface area contributed by atoms with Crippen molar-refractivity contribution in [3.8, 4) is 0 Å². The van der Waals surface area contributed by atoms with E-state index in [1.54, 1.807) is 0 Å². The molecule has 1 aliphatic rings. The van der Waals surface area contributed by atoms with Gasteiger partial charge in [-0.2, -0.15) is 0 Å². The topological polar surface area (TPSA) is 24.9 Å². The van der Waals surface area contributed by atoms with Gasteiger partial charge in [-0.3, -0.25) is 4.98 Å². The molecule has 1 aliphatic carbocycles. The molecule has 1 saturated carbocycles. The highest BCUT2D eigenvalue weighted by molar-refractivity contribution is 5.81. The highest BCUT2D eigenvalue weighted by Crippen LogP contribution is 2.28. The number of fused-ring (bicyclic) bond motifs is 1. The lowest BCUT2D eigenvalue weighted by Gasteiger charge is -2.30. The molecule has 1 aromatic carbocycles. The second kappa shape index (κ2) is 7.04. The molecule has 1 atom stereocenters. The van der Waals surface area contributed by atoms with Crippen LogP contribution in [0.2, 0.25) is 0 Å². The Bertz CT molecular complexity index is 567. The van der Waals surface area contributed by atoms with E-state index >= 15 is 0 Å². The van der Waals surface area contributed by atoms with Crippen molar-refractivity contribution >= 4 is 10.9 Å². The van der Waals surface area contributed by atoms with Crippen molar-refractivity contribution < 1.29 is 0 Å². The Morgan fingerprint density at radius 3 is 2.76 bits per heavy atom. The SMILES string of the molecule is CCC(NCc1cccc2cccnc12)C1CCCCC1. The van der Waals surface area contributed by atoms with Crippen LogP contribution in [0.25, 0.3) is 10.9 Å². The number of pyridine rings is 1. The fourth-order valence-corrected chi connectivity index (χ4v) is 3.73. The Morgan fingerprint density at radius 2 is 1.95 bits per heavy atom. The minimum atomic E-state index is 0.657. The summed E-state index contributed by atoms with van der Waals surface area (Å²) in [5.41, 5.74) is 2.47. The number of hydrogen-bond acceptors (Lipinski definition) is 2. The van der Waals surface area contributed by atoms with Gasteiger partial charge >= 0.3 is 0 Å². The Hall–Kier alpha value is -1.41. The van der Waals surface area contributed by atoms with Gasteiger partial charge in [-0.1, -0.05) is 50.5 Å². The lowest BCUT2D eigenvalue weighted by atomic mass is 9.83. The van der Waals surface area contributed by atoms with E-state index in [2.05, 4.69) is 41.5 Å². The molecule has 0 saturated heterocycles. The van der Waals surface area contributed by atoms with Crippen LogP contribution >= 0.6 is 0 Å². The first-order chi connectivity index (χ1) is 10.4. The number of benzene rings is 1. The zero-order valence-corrected chi connectivity index (χ0v) is 13.0. The van der Waals surface area contributed by atoms with Crippen molar-refractivity contribution in [3.63, 3.8) is 0 Å². The van der Waals surface area contributed by atoms with Crippen LogP contribution in [0.4, 0.5) is 0 Å². The number of hydrogen-bond donors (Lipinski definition) is 1. The van der Waals surface area contributed by atoms with E-state index in [0.29, 0.717) is 6.04 Å². The first-order valence-corrected chi connectivity index (χ1v) is 8.44. The standard InChI is InChI=1S/C19H26N2/c1-2-18(15-8-4-3-5-9-15)21-14-17-11-6-10-16-12-7-13-20-19(16)17/h6-7,10-13,15,18,21H,2-5,8-9,14H2,1H3. The van der Waals surface area contributed by atoms with Gasteiger partial charge in [0.2, 0.25) is 0 Å². The normalized spacial score (nSPS) is 18.0. The molecule has 1 aromatic heterocycles. The molecule has 0 amide bonds. The molecule has 2 nitrogen and oxygen atoms in total. The van der Waals surface area contributed by atoms with Gasteiger partial charge in [0, 0.05) is 24.2 Å². The van der Waals surface area contributed by atoms with Crippen molar-refractivity contribution in [2.24, 2.45) is 5.92 Å². The van der Waals surface area contributed by atoms with Gasteiger partial charge in [-0.05, 0) is 36.8 Å². The van der Waals surface area contributed by atoms with Crippen LogP contribution in [0.1, 0.15) is 51.0 Å². The summed E-state index contributed by atoms with van der Waals surface area (Å²) in [5, 5.41) is 5.05. The smallest absolute Gasteiger partial charge is 0.0746 e. The van der Waals surface area contributed by atoms with Gasteiger partial charge in [0.1, 0.15) is 0 Å². The van der Waals surface area contributed by atoms with Crippen molar-refractivity contribution in [2.45, 2.75) is 58.0 Å². The number of para-hydroxylation sites is 1. The molecule has 21 heavy (non-hydrogen) atoms. The maximum atomic E-state index is 4.56. The highest BCUT2D eigenvalue weighted by Gasteiger charge is 2.21. The lowest BCUT2D eigenvalue weighted by Crippen LogP contribution is -2.36. The van der Waals surface area contributed by atoms with Crippen LogP contribution in [-0.4, -0.2) is 11.0 Å². The van der Waals surface area contributed by atoms with E-state index in [4.69, 9.17) is 0 Å². The lowest BCUT2D eigenvalue weighted by molar-refractivity contribution is 0.262. The third-order valence-electron chi connectivity index (χ3n) is 4.93. The fourth-order valence-electron chi connectivity index (χ4n) is 3.73. The van der Waals surface area contributed by atoms with Crippen LogP contribution in [0.5, 0.6) is 0 Å². The van der Waals surface area contributed by atoms with Crippen LogP contribution in [0.15, 0.2) is 36.5 Å². The predicted octanol–water partition coefficient (Wildman–Crippen LogP) is 4.68. The third-order valence-corrected chi connectivity index (χ3v) is 4.93. The van der Waals surface area contributed by atoms with Gasteiger partial charge in [-0.25, -0.2) is 0 Å². The molecule has 1 N–H and O–H groups in total. The van der Waals surface area contributed by atoms with Gasteiger partial charge in [-0.15, -0.1) is 0 Å². The quantitative estimate of drug-likeness (QED) is 0.861. The summed E-state index contributed by atoms with van der Waals surface area (Å²) < 4.78 is 0. The molecule has 2 heteroatoms. The largest absolute Gasteiger partial charge is 0.310 e. The second-order valence-corrected chi connectivity index (χ2v) is 6.29. The van der Waals surface area contributed by atoms with Crippen molar-refractivity contribution in [2.75, 3.05) is 0 Å². The molecule has 0 bridgehead atoms. The average molecular weight is 282 g/mol. The molecule has 1 unspecified atom stereocenters. The Kier molecular flexibility index (Phi) is 4.87. The molecule has 3 rings (SSSR count). The van der Waals surface area contributed by atoms with Crippen LogP contribution in [-0.2, 0) is 6.54 Å². The van der Waals surface area contributed by atoms with Crippen LogP contribution in [0, 0.1) is 5.92 Å². The predicted molar refractivity (Wildman–Crippen MR) is 89.2 cm³/mol. The molecule has 0 aliphatic heterocycles. The third kappa shape index (κ3) is 3.44. The highest BCUT2D eigenvalue weighted by atomic mass is 14.9. The van der Waals surface area contributed by atoms with Crippen molar-refractivity contribution in [1.82, 2.24) is 10.3 Å². The molecular weight excluding hydrogens is 256 g/mol. The van der Waals surface area contributed by atoms with Gasteiger partial charge < -0.3 is 5.32 Å². The summed E-state index contributed by atoms with van der Waals surface area (Å²) in [5.74, 6) is 0.867. The maximum Gasteiger partial charge on any atom is 0.0746 e. The Morgan fingerprint density at radius 1 is 1.14 bits per heavy atom. The summed E-state index contributed by atoms with van der Waals surface area (Å²) >= 11 is 0. The molecule has 112 valence electrons. The number of aromatic nitrogens is 1. The van der Waals surface area contributed by atoms with Crippen molar-refractivity contribution in [1.29, 1.82) is 0 Å². The summed E-state index contributed by atoms with van der Waals surface area (Å²) in [6.45, 7) is 3.25. The summed E-state index contributed by atoms with van der Waals surface area (Å²) in [4.78, 5) is 4.56. The van der Waals surface area contributed by atoms with E-state index in [9.17, 15) is 0 Å². The molecule has 1 heterocycles. The first kappa shape index (κ1) is 14.5. The minimum absolute atomic E-state index is 0.657. The van der Waals surface area contributed by atoms with Gasteiger partial charge in [0.15, 0.2) is 0 Å². The Labute approximate surface area is 128 Å². The summed E-state index contributed by atoms with van der Waals surface area (Å²) in [6.07, 6.45) is 10.2. The summed E-state index contributed by atoms with van der Waals surface area (Å²) in [6, 6.07) is 11.3. The molecular formula is C19H26N2. The van der Waals surface area contributed by atoms with Crippen molar-refractivity contribution in [3.05, 3.63) is 42.1 Å². The zero-order chi connectivity index (χ0) is 14.5. The van der Waals surface area contributed by atoms with Gasteiger partial charge in [0.05, 0.1) is 5.52 Å². The second-order valence-electron chi connectivity index (χ2n) is 6.29. The minimum Gasteiger partial charge on any atom is -0.310 e. The average Bonchev–Trinajstić information content (AvgIpc) is 2.56. The van der Waals surface area contributed by atoms with E-state index < -0.39 is 0 Å². The van der Waals surface area contributed by atoms with E-state index in [0.717, 1.165) is 18.0 Å². The molecule has 0 radical (unpaired) electrons. The fraction of sp³-hybridized carbons (Fsp3) is 0.526. The van der Waals surface area contributed by atoms with E-state index in [-0.39, 0.29) is 0 Å². The molecule has 0 spiro atoms. The number of nitrogens with one attached hydrogen (secondary N) is 1. The maximum absolute atomic E-state index is 4.56. The van der Waals surface area contributed by atoms with Crippen LogP contribution in [0.3, 0.4) is 0 Å². The van der Waals surface area contributed by atoms with E-state index in [1.165, 1.54) is 49.5 Å². The Balaban J connectivity index is 1.70. The molecule has 1 fully saturated rings. The molecule has 2 aromatic rings.